The first-order valence-corrected chi connectivity index (χ1v) is 10.8. The molecular formula is C22H29Br2NO2. The van der Waals surface area contributed by atoms with Gasteiger partial charge >= 0.3 is 0 Å². The van der Waals surface area contributed by atoms with E-state index in [0.29, 0.717) is 11.1 Å². The van der Waals surface area contributed by atoms with Crippen LogP contribution in [0.5, 0.6) is 5.75 Å². The zero-order valence-corrected chi connectivity index (χ0v) is 20.4. The highest BCUT2D eigenvalue weighted by Crippen LogP contribution is 2.41. The van der Waals surface area contributed by atoms with E-state index >= 15 is 0 Å². The topological polar surface area (TPSA) is 42.2 Å². The van der Waals surface area contributed by atoms with Crippen molar-refractivity contribution in [1.82, 2.24) is 4.57 Å². The number of ketones is 1. The Labute approximate surface area is 179 Å². The van der Waals surface area contributed by atoms with Gasteiger partial charge < -0.3 is 9.67 Å². The number of carbonyl (C=O) groups excluding carboxylic acids is 1. The molecule has 2 aromatic rings. The van der Waals surface area contributed by atoms with E-state index in [2.05, 4.69) is 38.8 Å². The summed E-state index contributed by atoms with van der Waals surface area (Å²) >= 11 is 7.13. The number of aromatic nitrogens is 1. The molecule has 5 heteroatoms. The molecule has 1 aromatic carbocycles. The van der Waals surface area contributed by atoms with Crippen LogP contribution in [-0.2, 0) is 17.4 Å². The minimum absolute atomic E-state index is 0.0478. The van der Waals surface area contributed by atoms with Crippen LogP contribution in [0.25, 0.3) is 0 Å². The largest absolute Gasteiger partial charge is 0.507 e. The number of hydrogen-bond acceptors (Lipinski definition) is 2. The Balaban J connectivity index is 2.68. The van der Waals surface area contributed by atoms with Gasteiger partial charge in [0, 0.05) is 29.4 Å². The van der Waals surface area contributed by atoms with Crippen molar-refractivity contribution in [3.8, 4) is 5.75 Å². The van der Waals surface area contributed by atoms with Crippen molar-refractivity contribution in [2.24, 2.45) is 0 Å². The summed E-state index contributed by atoms with van der Waals surface area (Å²) < 4.78 is 3.68. The summed E-state index contributed by atoms with van der Waals surface area (Å²) in [5.41, 5.74) is 2.27. The van der Waals surface area contributed by atoms with Gasteiger partial charge in [0.1, 0.15) is 5.75 Å². The van der Waals surface area contributed by atoms with Crippen LogP contribution in [0.3, 0.4) is 0 Å². The van der Waals surface area contributed by atoms with Gasteiger partial charge in [-0.2, -0.15) is 0 Å². The summed E-state index contributed by atoms with van der Waals surface area (Å²) in [5.74, 6) is 0.240. The second-order valence-electron chi connectivity index (χ2n) is 9.09. The number of benzene rings is 1. The number of carbonyl (C=O) groups is 1. The third-order valence-electron chi connectivity index (χ3n) is 4.65. The van der Waals surface area contributed by atoms with Crippen molar-refractivity contribution in [2.45, 2.75) is 72.3 Å². The van der Waals surface area contributed by atoms with Gasteiger partial charge in [0.15, 0.2) is 5.78 Å². The minimum atomic E-state index is -0.271. The number of aromatic hydroxyl groups is 1. The van der Waals surface area contributed by atoms with Crippen molar-refractivity contribution in [3.63, 3.8) is 0 Å². The summed E-state index contributed by atoms with van der Waals surface area (Å²) in [6.07, 6.45) is 2.87. The molecule has 148 valence electrons. The Kier molecular flexibility index (Phi) is 6.38. The fourth-order valence-corrected chi connectivity index (χ4v) is 4.14. The molecule has 0 bridgehead atoms. The molecule has 0 spiro atoms. The molecule has 0 unspecified atom stereocenters. The maximum absolute atomic E-state index is 13.4. The Hall–Kier alpha value is -1.07. The number of phenolic OH excluding ortho intramolecular Hbond substituents is 1. The molecular weight excluding hydrogens is 470 g/mol. The summed E-state index contributed by atoms with van der Waals surface area (Å²) in [6, 6.07) is 3.68. The molecule has 2 rings (SSSR count). The van der Waals surface area contributed by atoms with E-state index < -0.39 is 0 Å². The van der Waals surface area contributed by atoms with Gasteiger partial charge in [0.05, 0.1) is 14.6 Å². The SMILES string of the molecule is CCCn1cc(C(=O)c2cc(C(C)(C)C)c(O)c(C(C)(C)C)c2)c(Br)c1Br. The molecule has 0 aliphatic heterocycles. The summed E-state index contributed by atoms with van der Waals surface area (Å²) in [7, 11) is 0. The van der Waals surface area contributed by atoms with Crippen LogP contribution in [0.4, 0.5) is 0 Å². The maximum atomic E-state index is 13.4. The van der Waals surface area contributed by atoms with Crippen molar-refractivity contribution >= 4 is 37.6 Å². The molecule has 27 heavy (non-hydrogen) atoms. The molecule has 0 fully saturated rings. The lowest BCUT2D eigenvalue weighted by atomic mass is 9.78. The lowest BCUT2D eigenvalue weighted by molar-refractivity contribution is 0.103. The van der Waals surface area contributed by atoms with E-state index in [1.54, 1.807) is 0 Å². The monoisotopic (exact) mass is 497 g/mol. The quantitative estimate of drug-likeness (QED) is 0.463. The number of rotatable bonds is 4. The molecule has 3 nitrogen and oxygen atoms in total. The molecule has 0 aliphatic rings. The van der Waals surface area contributed by atoms with Crippen LogP contribution < -0.4 is 0 Å². The lowest BCUT2D eigenvalue weighted by Crippen LogP contribution is -2.19. The van der Waals surface area contributed by atoms with Gasteiger partial charge in [-0.05, 0) is 61.2 Å². The van der Waals surface area contributed by atoms with Gasteiger partial charge in [0.25, 0.3) is 0 Å². The van der Waals surface area contributed by atoms with Gasteiger partial charge in [-0.1, -0.05) is 48.5 Å². The van der Waals surface area contributed by atoms with Crippen molar-refractivity contribution in [3.05, 3.63) is 49.7 Å². The van der Waals surface area contributed by atoms with Gasteiger partial charge in [-0.3, -0.25) is 4.79 Å². The third-order valence-corrected chi connectivity index (χ3v) is 6.84. The number of hydrogen-bond donors (Lipinski definition) is 1. The lowest BCUT2D eigenvalue weighted by Gasteiger charge is -2.28. The van der Waals surface area contributed by atoms with Crippen LogP contribution in [0.15, 0.2) is 27.4 Å². The molecule has 0 aliphatic carbocycles. The summed E-state index contributed by atoms with van der Waals surface area (Å²) in [6.45, 7) is 15.2. The Bertz CT molecular complexity index is 833. The van der Waals surface area contributed by atoms with Crippen LogP contribution in [0, 0.1) is 0 Å². The molecule has 0 amide bonds. The van der Waals surface area contributed by atoms with Crippen LogP contribution in [-0.4, -0.2) is 15.5 Å². The zero-order chi connectivity index (χ0) is 20.7. The van der Waals surface area contributed by atoms with Gasteiger partial charge in [-0.15, -0.1) is 0 Å². The highest BCUT2D eigenvalue weighted by atomic mass is 79.9. The minimum Gasteiger partial charge on any atom is -0.507 e. The number of nitrogens with zero attached hydrogens (tertiary/aromatic N) is 1. The fraction of sp³-hybridized carbons (Fsp3) is 0.500. The highest BCUT2D eigenvalue weighted by molar-refractivity contribution is 9.13. The standard InChI is InChI=1S/C22H29Br2NO2/c1-8-9-25-12-14(17(23)20(25)24)18(26)13-10-15(21(2,3)4)19(27)16(11-13)22(5,6)7/h10-12,27H,8-9H2,1-7H3. The summed E-state index contributed by atoms with van der Waals surface area (Å²) in [4.78, 5) is 13.4. The Morgan fingerprint density at radius 3 is 1.93 bits per heavy atom. The fourth-order valence-electron chi connectivity index (χ4n) is 3.13. The van der Waals surface area contributed by atoms with E-state index in [9.17, 15) is 9.90 Å². The van der Waals surface area contributed by atoms with E-state index in [-0.39, 0.29) is 22.4 Å². The first kappa shape index (κ1) is 22.2. The van der Waals surface area contributed by atoms with E-state index in [1.165, 1.54) is 0 Å². The molecule has 1 heterocycles. The predicted molar refractivity (Wildman–Crippen MR) is 119 cm³/mol. The normalized spacial score (nSPS) is 12.5. The molecule has 0 radical (unpaired) electrons. The first-order valence-electron chi connectivity index (χ1n) is 9.25. The van der Waals surface area contributed by atoms with Crippen molar-refractivity contribution in [2.75, 3.05) is 0 Å². The first-order chi connectivity index (χ1) is 12.3. The summed E-state index contributed by atoms with van der Waals surface area (Å²) in [5, 5.41) is 10.9. The number of aryl methyl sites for hydroxylation is 1. The average Bonchev–Trinajstić information content (AvgIpc) is 2.81. The van der Waals surface area contributed by atoms with Gasteiger partial charge in [-0.25, -0.2) is 0 Å². The molecule has 0 saturated heterocycles. The Morgan fingerprint density at radius 1 is 1.04 bits per heavy atom. The zero-order valence-electron chi connectivity index (χ0n) is 17.2. The van der Waals surface area contributed by atoms with E-state index in [1.807, 2.05) is 64.4 Å². The third kappa shape index (κ3) is 4.51. The van der Waals surface area contributed by atoms with Crippen LogP contribution in [0.2, 0.25) is 0 Å². The predicted octanol–water partition coefficient (Wildman–Crippen LogP) is 6.95. The smallest absolute Gasteiger partial charge is 0.195 e. The maximum Gasteiger partial charge on any atom is 0.195 e. The van der Waals surface area contributed by atoms with Gasteiger partial charge in [0.2, 0.25) is 0 Å². The number of halogens is 2. The molecule has 1 aromatic heterocycles. The van der Waals surface area contributed by atoms with Crippen LogP contribution in [0.1, 0.15) is 81.9 Å². The molecule has 1 N–H and O–H groups in total. The van der Waals surface area contributed by atoms with E-state index in [4.69, 9.17) is 0 Å². The number of phenols is 1. The van der Waals surface area contributed by atoms with Crippen LogP contribution >= 0.6 is 31.9 Å². The molecule has 0 saturated carbocycles. The van der Waals surface area contributed by atoms with E-state index in [0.717, 1.165) is 33.2 Å². The average molecular weight is 499 g/mol. The van der Waals surface area contributed by atoms with Crippen molar-refractivity contribution < 1.29 is 9.90 Å². The molecule has 0 atom stereocenters. The Morgan fingerprint density at radius 2 is 1.52 bits per heavy atom. The van der Waals surface area contributed by atoms with Crippen molar-refractivity contribution in [1.29, 1.82) is 0 Å². The second-order valence-corrected chi connectivity index (χ2v) is 10.6. The second kappa shape index (κ2) is 7.75. The highest BCUT2D eigenvalue weighted by Gasteiger charge is 2.29.